The lowest BCUT2D eigenvalue weighted by Crippen LogP contribution is -2.57. The van der Waals surface area contributed by atoms with Gasteiger partial charge in [-0.1, -0.05) is 33.6 Å². The summed E-state index contributed by atoms with van der Waals surface area (Å²) < 4.78 is 4.87. The van der Waals surface area contributed by atoms with Crippen molar-refractivity contribution in [1.82, 2.24) is 0 Å². The van der Waals surface area contributed by atoms with Gasteiger partial charge in [0.2, 0.25) is 0 Å². The first-order valence-electron chi connectivity index (χ1n) is 12.1. The number of aliphatic hydroxyl groups is 1. The van der Waals surface area contributed by atoms with E-state index in [1.807, 2.05) is 0 Å². The van der Waals surface area contributed by atoms with Crippen LogP contribution < -0.4 is 0 Å². The predicted octanol–water partition coefficient (Wildman–Crippen LogP) is 5.60. The number of rotatable bonds is 4. The molecule has 4 rings (SSSR count). The van der Waals surface area contributed by atoms with E-state index < -0.39 is 0 Å². The highest BCUT2D eigenvalue weighted by Gasteiger charge is 2.61. The van der Waals surface area contributed by atoms with Crippen LogP contribution in [-0.2, 0) is 9.53 Å². The van der Waals surface area contributed by atoms with Gasteiger partial charge >= 0.3 is 5.97 Å². The van der Waals surface area contributed by atoms with Crippen LogP contribution in [-0.4, -0.2) is 24.3 Å². The monoisotopic (exact) mass is 390 g/mol. The normalized spacial score (nSPS) is 48.9. The highest BCUT2D eigenvalue weighted by Crippen LogP contribution is 2.68. The molecule has 0 aromatic carbocycles. The minimum Gasteiger partial charge on any atom is -0.469 e. The molecule has 0 heterocycles. The number of esters is 1. The molecule has 4 fully saturated rings. The lowest BCUT2D eigenvalue weighted by molar-refractivity contribution is -0.159. The number of fused-ring (bicyclic) bond motifs is 5. The van der Waals surface area contributed by atoms with Crippen molar-refractivity contribution in [2.45, 2.75) is 97.5 Å². The number of hydrogen-bond donors (Lipinski definition) is 1. The Morgan fingerprint density at radius 1 is 1.04 bits per heavy atom. The number of carbonyl (C=O) groups excluding carboxylic acids is 1. The summed E-state index contributed by atoms with van der Waals surface area (Å²) in [5.41, 5.74) is 0.769. The van der Waals surface area contributed by atoms with E-state index in [0.29, 0.717) is 35.0 Å². The summed E-state index contributed by atoms with van der Waals surface area (Å²) in [5.74, 6) is 4.08. The Morgan fingerprint density at radius 2 is 1.79 bits per heavy atom. The molecule has 0 aliphatic heterocycles. The molecule has 28 heavy (non-hydrogen) atoms. The fourth-order valence-corrected chi connectivity index (χ4v) is 8.98. The molecule has 3 nitrogen and oxygen atoms in total. The average Bonchev–Trinajstić information content (AvgIpc) is 3.03. The Kier molecular flexibility index (Phi) is 5.61. The highest BCUT2D eigenvalue weighted by molar-refractivity contribution is 5.69. The average molecular weight is 391 g/mol. The van der Waals surface area contributed by atoms with E-state index in [1.165, 1.54) is 58.5 Å². The molecule has 0 aromatic rings. The third-order valence-electron chi connectivity index (χ3n) is 10.4. The molecule has 3 heteroatoms. The van der Waals surface area contributed by atoms with E-state index in [0.717, 1.165) is 30.6 Å². The van der Waals surface area contributed by atoms with Crippen molar-refractivity contribution < 1.29 is 14.6 Å². The quantitative estimate of drug-likeness (QED) is 0.636. The standard InChI is InChI=1S/C25H42O3/c1-16(8-11-23(27)28-4)18-9-10-19-17-15-22(26)21-7-5-6-13-24(21,2)20(17)12-14-25(18,19)3/h16-22,26H,5-15H2,1-4H3/t16-,17+,18-,19+,20+,21+,22+,24-,25-/m1/s1. The molecule has 4 aliphatic carbocycles. The molecule has 0 unspecified atom stereocenters. The summed E-state index contributed by atoms with van der Waals surface area (Å²) in [4.78, 5) is 11.6. The van der Waals surface area contributed by atoms with Crippen LogP contribution in [0, 0.1) is 46.3 Å². The summed E-state index contributed by atoms with van der Waals surface area (Å²) in [5, 5.41) is 11.1. The topological polar surface area (TPSA) is 46.5 Å². The second-order valence-electron chi connectivity index (χ2n) is 11.4. The summed E-state index contributed by atoms with van der Waals surface area (Å²) in [6, 6.07) is 0. The minimum absolute atomic E-state index is 0.0677. The van der Waals surface area contributed by atoms with Crippen molar-refractivity contribution in [2.75, 3.05) is 7.11 Å². The Hall–Kier alpha value is -0.570. The smallest absolute Gasteiger partial charge is 0.305 e. The number of aliphatic hydroxyl groups excluding tert-OH is 1. The molecule has 160 valence electrons. The summed E-state index contributed by atoms with van der Waals surface area (Å²) in [6.07, 6.45) is 13.1. The van der Waals surface area contributed by atoms with Crippen molar-refractivity contribution in [3.05, 3.63) is 0 Å². The Balaban J connectivity index is 1.52. The van der Waals surface area contributed by atoms with Crippen LogP contribution in [0.1, 0.15) is 91.4 Å². The summed E-state index contributed by atoms with van der Waals surface area (Å²) in [6.45, 7) is 7.45. The molecule has 4 aliphatic rings. The zero-order valence-electron chi connectivity index (χ0n) is 18.6. The van der Waals surface area contributed by atoms with Crippen LogP contribution in [0.3, 0.4) is 0 Å². The fraction of sp³-hybridized carbons (Fsp3) is 0.960. The Morgan fingerprint density at radius 3 is 2.54 bits per heavy atom. The summed E-state index contributed by atoms with van der Waals surface area (Å²) in [7, 11) is 1.49. The van der Waals surface area contributed by atoms with Crippen molar-refractivity contribution in [3.63, 3.8) is 0 Å². The molecule has 9 atom stereocenters. The van der Waals surface area contributed by atoms with Crippen LogP contribution in [0.25, 0.3) is 0 Å². The van der Waals surface area contributed by atoms with E-state index in [-0.39, 0.29) is 12.1 Å². The van der Waals surface area contributed by atoms with Gasteiger partial charge < -0.3 is 9.84 Å². The second kappa shape index (κ2) is 7.60. The van der Waals surface area contributed by atoms with E-state index in [1.54, 1.807) is 0 Å². The van der Waals surface area contributed by atoms with Crippen molar-refractivity contribution in [2.24, 2.45) is 46.3 Å². The van der Waals surface area contributed by atoms with Gasteiger partial charge in [0.05, 0.1) is 13.2 Å². The third-order valence-corrected chi connectivity index (χ3v) is 10.4. The Bertz CT molecular complexity index is 588. The fourth-order valence-electron chi connectivity index (χ4n) is 8.98. The van der Waals surface area contributed by atoms with Crippen LogP contribution in [0.2, 0.25) is 0 Å². The van der Waals surface area contributed by atoms with Gasteiger partial charge in [-0.15, -0.1) is 0 Å². The highest BCUT2D eigenvalue weighted by atomic mass is 16.5. The zero-order chi connectivity index (χ0) is 20.1. The van der Waals surface area contributed by atoms with Crippen LogP contribution in [0.4, 0.5) is 0 Å². The van der Waals surface area contributed by atoms with Gasteiger partial charge in [0, 0.05) is 6.42 Å². The van der Waals surface area contributed by atoms with Gasteiger partial charge in [-0.2, -0.15) is 0 Å². The van der Waals surface area contributed by atoms with Crippen molar-refractivity contribution in [1.29, 1.82) is 0 Å². The van der Waals surface area contributed by atoms with Gasteiger partial charge in [-0.25, -0.2) is 0 Å². The molecule has 0 aromatic heterocycles. The molecule has 0 amide bonds. The number of methoxy groups -OCH3 is 1. The van der Waals surface area contributed by atoms with E-state index in [4.69, 9.17) is 4.74 Å². The minimum atomic E-state index is -0.0790. The number of hydrogen-bond acceptors (Lipinski definition) is 3. The number of ether oxygens (including phenoxy) is 1. The van der Waals surface area contributed by atoms with Gasteiger partial charge in [-0.05, 0) is 97.7 Å². The lowest BCUT2D eigenvalue weighted by atomic mass is 9.44. The van der Waals surface area contributed by atoms with Gasteiger partial charge in [0.15, 0.2) is 0 Å². The Labute approximate surface area is 172 Å². The van der Waals surface area contributed by atoms with Gasteiger partial charge in [0.1, 0.15) is 0 Å². The van der Waals surface area contributed by atoms with E-state index in [9.17, 15) is 9.90 Å². The molecular weight excluding hydrogens is 348 g/mol. The molecule has 0 radical (unpaired) electrons. The lowest BCUT2D eigenvalue weighted by Gasteiger charge is -2.62. The molecule has 0 spiro atoms. The summed E-state index contributed by atoms with van der Waals surface area (Å²) >= 11 is 0. The SMILES string of the molecule is COC(=O)CC[C@@H](C)[C@H]1CC[C@H]2[C@@H]3C[C@H](O)[C@@H]4CCCC[C@]4(C)[C@H]3CC[C@]12C. The van der Waals surface area contributed by atoms with Gasteiger partial charge in [-0.3, -0.25) is 4.79 Å². The first-order chi connectivity index (χ1) is 13.3. The maximum Gasteiger partial charge on any atom is 0.305 e. The van der Waals surface area contributed by atoms with Crippen LogP contribution in [0.5, 0.6) is 0 Å². The van der Waals surface area contributed by atoms with Crippen molar-refractivity contribution in [3.8, 4) is 0 Å². The van der Waals surface area contributed by atoms with Crippen molar-refractivity contribution >= 4 is 5.97 Å². The second-order valence-corrected chi connectivity index (χ2v) is 11.4. The third kappa shape index (κ3) is 3.15. The molecule has 0 bridgehead atoms. The molecular formula is C25H42O3. The van der Waals surface area contributed by atoms with Crippen LogP contribution in [0.15, 0.2) is 0 Å². The molecule has 1 N–H and O–H groups in total. The first-order valence-corrected chi connectivity index (χ1v) is 12.1. The maximum atomic E-state index is 11.6. The predicted molar refractivity (Wildman–Crippen MR) is 112 cm³/mol. The first kappa shape index (κ1) is 20.7. The maximum absolute atomic E-state index is 11.6. The van der Waals surface area contributed by atoms with Gasteiger partial charge in [0.25, 0.3) is 0 Å². The van der Waals surface area contributed by atoms with E-state index in [2.05, 4.69) is 20.8 Å². The van der Waals surface area contributed by atoms with E-state index >= 15 is 0 Å². The number of carbonyl (C=O) groups is 1. The molecule has 4 saturated carbocycles. The van der Waals surface area contributed by atoms with Crippen LogP contribution >= 0.6 is 0 Å². The zero-order valence-corrected chi connectivity index (χ0v) is 18.6. The largest absolute Gasteiger partial charge is 0.469 e. The molecule has 0 saturated heterocycles.